The van der Waals surface area contributed by atoms with Crippen molar-refractivity contribution in [2.75, 3.05) is 20.7 Å². The van der Waals surface area contributed by atoms with Gasteiger partial charge in [0.2, 0.25) is 0 Å². The standard InChI is InChI=1S/C11H15F2NO/c1-14-7-6-8-4-3-5-9(15-2)10(8)11(12)13/h3-5,11,14H,6-7H2,1-2H3. The number of rotatable bonds is 5. The van der Waals surface area contributed by atoms with Gasteiger partial charge in [-0.2, -0.15) is 0 Å². The zero-order valence-electron chi connectivity index (χ0n) is 8.89. The molecule has 0 spiro atoms. The number of hydrogen-bond donors (Lipinski definition) is 1. The number of likely N-dealkylation sites (N-methyl/N-ethyl adjacent to an activating group) is 1. The predicted octanol–water partition coefficient (Wildman–Crippen LogP) is 2.39. The SMILES string of the molecule is CNCCc1cccc(OC)c1C(F)F. The highest BCUT2D eigenvalue weighted by molar-refractivity contribution is 5.41. The molecule has 4 heteroatoms. The Bertz CT molecular complexity index is 315. The fourth-order valence-electron chi connectivity index (χ4n) is 1.49. The van der Waals surface area contributed by atoms with Gasteiger partial charge in [0, 0.05) is 0 Å². The van der Waals surface area contributed by atoms with Crippen LogP contribution < -0.4 is 10.1 Å². The molecule has 15 heavy (non-hydrogen) atoms. The maximum absolute atomic E-state index is 12.8. The van der Waals surface area contributed by atoms with E-state index < -0.39 is 6.43 Å². The number of halogens is 2. The summed E-state index contributed by atoms with van der Waals surface area (Å²) in [5, 5.41) is 2.93. The van der Waals surface area contributed by atoms with Crippen molar-refractivity contribution in [3.05, 3.63) is 29.3 Å². The first kappa shape index (κ1) is 11.9. The Labute approximate surface area is 88.3 Å². The van der Waals surface area contributed by atoms with E-state index in [1.165, 1.54) is 7.11 Å². The molecule has 1 aromatic carbocycles. The van der Waals surface area contributed by atoms with E-state index in [1.54, 1.807) is 25.2 Å². The molecule has 0 heterocycles. The van der Waals surface area contributed by atoms with Gasteiger partial charge in [-0.1, -0.05) is 12.1 Å². The summed E-state index contributed by atoms with van der Waals surface area (Å²) in [6.45, 7) is 0.673. The van der Waals surface area contributed by atoms with Crippen LogP contribution in [0.3, 0.4) is 0 Å². The van der Waals surface area contributed by atoms with Gasteiger partial charge in [0.05, 0.1) is 12.7 Å². The molecule has 0 unspecified atom stereocenters. The molecule has 0 saturated heterocycles. The number of hydrogen-bond acceptors (Lipinski definition) is 2. The third-order valence-corrected chi connectivity index (χ3v) is 2.24. The largest absolute Gasteiger partial charge is 0.496 e. The zero-order valence-corrected chi connectivity index (χ0v) is 8.89. The highest BCUT2D eigenvalue weighted by atomic mass is 19.3. The lowest BCUT2D eigenvalue weighted by Crippen LogP contribution is -2.12. The molecule has 0 aliphatic heterocycles. The molecule has 1 rings (SSSR count). The summed E-state index contributed by atoms with van der Waals surface area (Å²) in [6, 6.07) is 5.00. The molecule has 0 saturated carbocycles. The molecule has 0 atom stereocenters. The third-order valence-electron chi connectivity index (χ3n) is 2.24. The molecule has 84 valence electrons. The van der Waals surface area contributed by atoms with Crippen LogP contribution in [0.5, 0.6) is 5.75 Å². The first-order valence-corrected chi connectivity index (χ1v) is 4.79. The van der Waals surface area contributed by atoms with Crippen molar-refractivity contribution in [3.8, 4) is 5.75 Å². The summed E-state index contributed by atoms with van der Waals surface area (Å²) in [4.78, 5) is 0. The number of methoxy groups -OCH3 is 1. The van der Waals surface area contributed by atoms with Gasteiger partial charge in [0.1, 0.15) is 5.75 Å². The molecule has 2 nitrogen and oxygen atoms in total. The van der Waals surface area contributed by atoms with Gasteiger partial charge in [0.15, 0.2) is 0 Å². The molecule has 0 amide bonds. The van der Waals surface area contributed by atoms with Crippen LogP contribution in [0.2, 0.25) is 0 Å². The zero-order chi connectivity index (χ0) is 11.3. The number of benzene rings is 1. The fraction of sp³-hybridized carbons (Fsp3) is 0.455. The smallest absolute Gasteiger partial charge is 0.267 e. The molecule has 0 aliphatic carbocycles. The van der Waals surface area contributed by atoms with Gasteiger partial charge in [-0.15, -0.1) is 0 Å². The van der Waals surface area contributed by atoms with Gasteiger partial charge >= 0.3 is 0 Å². The average molecular weight is 215 g/mol. The summed E-state index contributed by atoms with van der Waals surface area (Å²) in [5.74, 6) is 0.263. The molecule has 0 fully saturated rings. The van der Waals surface area contributed by atoms with E-state index in [4.69, 9.17) is 4.74 Å². The number of alkyl halides is 2. The van der Waals surface area contributed by atoms with Crippen LogP contribution in [0.4, 0.5) is 8.78 Å². The minimum atomic E-state index is -2.49. The second kappa shape index (κ2) is 5.66. The van der Waals surface area contributed by atoms with Gasteiger partial charge in [-0.25, -0.2) is 8.78 Å². The van der Waals surface area contributed by atoms with E-state index >= 15 is 0 Å². The highest BCUT2D eigenvalue weighted by Crippen LogP contribution is 2.32. The molecular formula is C11H15F2NO. The van der Waals surface area contributed by atoms with E-state index in [1.807, 2.05) is 0 Å². The molecule has 0 bridgehead atoms. The van der Waals surface area contributed by atoms with Gasteiger partial charge in [0.25, 0.3) is 6.43 Å². The molecule has 0 radical (unpaired) electrons. The van der Waals surface area contributed by atoms with E-state index in [0.717, 1.165) is 0 Å². The highest BCUT2D eigenvalue weighted by Gasteiger charge is 2.17. The van der Waals surface area contributed by atoms with Gasteiger partial charge in [-0.3, -0.25) is 0 Å². The van der Waals surface area contributed by atoms with Crippen LogP contribution in [-0.4, -0.2) is 20.7 Å². The van der Waals surface area contributed by atoms with Crippen LogP contribution in [0, 0.1) is 0 Å². The topological polar surface area (TPSA) is 21.3 Å². The lowest BCUT2D eigenvalue weighted by Gasteiger charge is -2.12. The maximum atomic E-state index is 12.8. The van der Waals surface area contributed by atoms with Crippen molar-refractivity contribution in [3.63, 3.8) is 0 Å². The summed E-state index contributed by atoms with van der Waals surface area (Å²) < 4.78 is 30.5. The molecular weight excluding hydrogens is 200 g/mol. The predicted molar refractivity (Wildman–Crippen MR) is 55.6 cm³/mol. The van der Waals surface area contributed by atoms with Crippen LogP contribution in [-0.2, 0) is 6.42 Å². The summed E-state index contributed by atoms with van der Waals surface area (Å²) >= 11 is 0. The maximum Gasteiger partial charge on any atom is 0.267 e. The van der Waals surface area contributed by atoms with Crippen LogP contribution in [0.25, 0.3) is 0 Å². The van der Waals surface area contributed by atoms with E-state index in [0.29, 0.717) is 18.5 Å². The van der Waals surface area contributed by atoms with Crippen molar-refractivity contribution in [2.45, 2.75) is 12.8 Å². The van der Waals surface area contributed by atoms with Gasteiger partial charge < -0.3 is 10.1 Å². The van der Waals surface area contributed by atoms with Gasteiger partial charge in [-0.05, 0) is 31.6 Å². The second-order valence-corrected chi connectivity index (χ2v) is 3.19. The molecule has 1 N–H and O–H groups in total. The Morgan fingerprint density at radius 2 is 2.13 bits per heavy atom. The monoisotopic (exact) mass is 215 g/mol. The molecule has 1 aromatic rings. The Morgan fingerprint density at radius 1 is 1.40 bits per heavy atom. The van der Waals surface area contributed by atoms with Crippen LogP contribution in [0.15, 0.2) is 18.2 Å². The lowest BCUT2D eigenvalue weighted by atomic mass is 10.0. The van der Waals surface area contributed by atoms with Crippen LogP contribution >= 0.6 is 0 Å². The lowest BCUT2D eigenvalue weighted by molar-refractivity contribution is 0.146. The Balaban J connectivity index is 3.02. The third kappa shape index (κ3) is 2.89. The molecule has 0 aromatic heterocycles. The van der Waals surface area contributed by atoms with E-state index in [9.17, 15) is 8.78 Å². The summed E-state index contributed by atoms with van der Waals surface area (Å²) in [5.41, 5.74) is 0.647. The number of nitrogens with one attached hydrogen (secondary N) is 1. The van der Waals surface area contributed by atoms with Crippen molar-refractivity contribution >= 4 is 0 Å². The van der Waals surface area contributed by atoms with Crippen molar-refractivity contribution in [1.82, 2.24) is 5.32 Å². The molecule has 0 aliphatic rings. The second-order valence-electron chi connectivity index (χ2n) is 3.19. The Hall–Kier alpha value is -1.16. The van der Waals surface area contributed by atoms with E-state index in [2.05, 4.69) is 5.32 Å². The normalized spacial score (nSPS) is 10.7. The van der Waals surface area contributed by atoms with Crippen molar-refractivity contribution in [2.24, 2.45) is 0 Å². The quantitative estimate of drug-likeness (QED) is 0.814. The van der Waals surface area contributed by atoms with Crippen LogP contribution in [0.1, 0.15) is 17.6 Å². The minimum absolute atomic E-state index is 0.00949. The van der Waals surface area contributed by atoms with E-state index in [-0.39, 0.29) is 11.3 Å². The van der Waals surface area contributed by atoms with Crippen molar-refractivity contribution < 1.29 is 13.5 Å². The number of ether oxygens (including phenoxy) is 1. The van der Waals surface area contributed by atoms with Crippen molar-refractivity contribution in [1.29, 1.82) is 0 Å². The summed E-state index contributed by atoms with van der Waals surface area (Å²) in [7, 11) is 3.20. The Morgan fingerprint density at radius 3 is 2.67 bits per heavy atom. The first-order valence-electron chi connectivity index (χ1n) is 4.79. The average Bonchev–Trinajstić information content (AvgIpc) is 2.25. The fourth-order valence-corrected chi connectivity index (χ4v) is 1.49. The Kier molecular flexibility index (Phi) is 4.49. The first-order chi connectivity index (χ1) is 7.20. The summed E-state index contributed by atoms with van der Waals surface area (Å²) in [6.07, 6.45) is -1.92. The minimum Gasteiger partial charge on any atom is -0.496 e.